The zero-order valence-electron chi connectivity index (χ0n) is 28.5. The van der Waals surface area contributed by atoms with E-state index >= 15 is 0 Å². The van der Waals surface area contributed by atoms with E-state index in [1.165, 1.54) is 23.3 Å². The van der Waals surface area contributed by atoms with Crippen molar-refractivity contribution >= 4 is 40.7 Å². The van der Waals surface area contributed by atoms with Crippen LogP contribution in [0.15, 0.2) is 77.8 Å². The molecule has 11 nitrogen and oxygen atoms in total. The van der Waals surface area contributed by atoms with Crippen molar-refractivity contribution in [1.29, 1.82) is 0 Å². The Bertz CT molecular complexity index is 1570. The summed E-state index contributed by atoms with van der Waals surface area (Å²) >= 11 is 2.99. The Morgan fingerprint density at radius 1 is 0.878 bits per heavy atom. The van der Waals surface area contributed by atoms with Crippen molar-refractivity contribution in [2.75, 3.05) is 20.8 Å². The number of rotatable bonds is 18. The Morgan fingerprint density at radius 3 is 2.06 bits per heavy atom. The minimum Gasteiger partial charge on any atom is -0.444 e. The van der Waals surface area contributed by atoms with Crippen molar-refractivity contribution < 1.29 is 23.9 Å². The number of benzene rings is 2. The van der Waals surface area contributed by atoms with E-state index in [0.29, 0.717) is 38.1 Å². The van der Waals surface area contributed by atoms with Gasteiger partial charge in [0.05, 0.1) is 34.2 Å². The molecule has 3 atom stereocenters. The van der Waals surface area contributed by atoms with Crippen molar-refractivity contribution in [3.05, 3.63) is 104 Å². The molecule has 0 radical (unpaired) electrons. The number of amides is 4. The highest BCUT2D eigenvalue weighted by molar-refractivity contribution is 7.09. The van der Waals surface area contributed by atoms with Crippen molar-refractivity contribution in [1.82, 2.24) is 30.8 Å². The first-order valence-electron chi connectivity index (χ1n) is 16.3. The molecule has 4 amide bonds. The summed E-state index contributed by atoms with van der Waals surface area (Å²) in [5.74, 6) is -0.0410. The Kier molecular flexibility index (Phi) is 15.0. The average molecular weight is 707 g/mol. The van der Waals surface area contributed by atoms with Crippen LogP contribution in [0.4, 0.5) is 9.59 Å². The summed E-state index contributed by atoms with van der Waals surface area (Å²) in [7, 11) is 3.17. The van der Waals surface area contributed by atoms with E-state index in [0.717, 1.165) is 26.7 Å². The molecule has 49 heavy (non-hydrogen) atoms. The third-order valence-corrected chi connectivity index (χ3v) is 9.71. The topological polar surface area (TPSA) is 135 Å². The minimum absolute atomic E-state index is 0.00145. The van der Waals surface area contributed by atoms with Crippen LogP contribution in [-0.2, 0) is 40.3 Å². The summed E-state index contributed by atoms with van der Waals surface area (Å²) < 4.78 is 10.8. The van der Waals surface area contributed by atoms with Crippen LogP contribution in [-0.4, -0.2) is 71.8 Å². The van der Waals surface area contributed by atoms with Gasteiger partial charge in [0, 0.05) is 43.7 Å². The second-order valence-corrected chi connectivity index (χ2v) is 14.1. The normalized spacial score (nSPS) is 12.9. The molecule has 0 aliphatic carbocycles. The molecule has 0 saturated carbocycles. The second-order valence-electron chi connectivity index (χ2n) is 12.2. The zero-order chi connectivity index (χ0) is 35.0. The molecular formula is C36H46N6O5S2. The van der Waals surface area contributed by atoms with E-state index < -0.39 is 18.2 Å². The molecule has 0 saturated heterocycles. The number of ether oxygens (including phenoxy) is 2. The number of alkyl carbamates (subject to hydrolysis) is 1. The molecule has 3 unspecified atom stereocenters. The van der Waals surface area contributed by atoms with Gasteiger partial charge in [-0.2, -0.15) is 0 Å². The highest BCUT2D eigenvalue weighted by Crippen LogP contribution is 2.20. The Balaban J connectivity index is 1.42. The number of nitrogens with one attached hydrogen (secondary N) is 3. The van der Waals surface area contributed by atoms with Crippen LogP contribution < -0.4 is 16.0 Å². The quantitative estimate of drug-likeness (QED) is 0.117. The first-order valence-corrected chi connectivity index (χ1v) is 18.1. The van der Waals surface area contributed by atoms with Gasteiger partial charge in [-0.05, 0) is 36.8 Å². The highest BCUT2D eigenvalue weighted by atomic mass is 32.1. The lowest BCUT2D eigenvalue weighted by atomic mass is 9.96. The summed E-state index contributed by atoms with van der Waals surface area (Å²) in [5.41, 5.74) is 4.62. The fourth-order valence-corrected chi connectivity index (χ4v) is 6.53. The molecule has 0 aliphatic rings. The molecule has 0 aliphatic heterocycles. The van der Waals surface area contributed by atoms with Gasteiger partial charge in [-0.25, -0.2) is 14.6 Å². The Hall–Kier alpha value is -4.33. The van der Waals surface area contributed by atoms with Gasteiger partial charge in [0.25, 0.3) is 0 Å². The first-order chi connectivity index (χ1) is 23.7. The minimum atomic E-state index is -0.917. The van der Waals surface area contributed by atoms with E-state index in [-0.39, 0.29) is 31.2 Å². The lowest BCUT2D eigenvalue weighted by Crippen LogP contribution is -2.54. The standard InChI is InChI=1S/C36H46N6O5S2/c1-25(2)34-39-30(23-48-34)20-42(3)35(44)41-32(22-46-4)33(43)38-28(17-26-11-7-5-8-12-26)15-16-29(18-27-13-9-6-10-14-27)40-36(45)47-21-31-19-37-24-49-31/h5-14,19,23-25,28-29,32H,15-18,20-22H2,1-4H3,(H,38,43)(H,40,45)(H,41,44). The van der Waals surface area contributed by atoms with E-state index in [1.807, 2.05) is 66.0 Å². The zero-order valence-corrected chi connectivity index (χ0v) is 30.1. The molecule has 262 valence electrons. The monoisotopic (exact) mass is 706 g/mol. The predicted molar refractivity (Wildman–Crippen MR) is 193 cm³/mol. The number of hydrogen-bond acceptors (Lipinski definition) is 9. The maximum absolute atomic E-state index is 13.7. The second kappa shape index (κ2) is 19.6. The fraction of sp³-hybridized carbons (Fsp3) is 0.417. The van der Waals surface area contributed by atoms with Crippen LogP contribution in [0.25, 0.3) is 0 Å². The smallest absolute Gasteiger partial charge is 0.407 e. The molecule has 13 heteroatoms. The maximum atomic E-state index is 13.7. The number of urea groups is 1. The summed E-state index contributed by atoms with van der Waals surface area (Å²) in [4.78, 5) is 50.7. The predicted octanol–water partition coefficient (Wildman–Crippen LogP) is 5.92. The van der Waals surface area contributed by atoms with Crippen LogP contribution in [0.2, 0.25) is 0 Å². The fourth-order valence-electron chi connectivity index (χ4n) is 5.19. The van der Waals surface area contributed by atoms with Gasteiger partial charge in [0.15, 0.2) is 0 Å². The first kappa shape index (κ1) is 37.5. The molecule has 4 aromatic rings. The Labute approximate surface area is 296 Å². The molecule has 3 N–H and O–H groups in total. The SMILES string of the molecule is COCC(NC(=O)N(C)Cc1csc(C(C)C)n1)C(=O)NC(CCC(Cc1ccccc1)NC(=O)OCc1cncs1)Cc1ccccc1. The average Bonchev–Trinajstić information content (AvgIpc) is 3.80. The van der Waals surface area contributed by atoms with Crippen molar-refractivity contribution in [3.8, 4) is 0 Å². The number of carbonyl (C=O) groups is 3. The summed E-state index contributed by atoms with van der Waals surface area (Å²) in [6, 6.07) is 18.0. The van der Waals surface area contributed by atoms with Crippen LogP contribution in [0.3, 0.4) is 0 Å². The van der Waals surface area contributed by atoms with Gasteiger partial charge in [-0.3, -0.25) is 9.78 Å². The summed E-state index contributed by atoms with van der Waals surface area (Å²) in [6.45, 7) is 4.62. The summed E-state index contributed by atoms with van der Waals surface area (Å²) in [6.07, 6.45) is 3.45. The van der Waals surface area contributed by atoms with Gasteiger partial charge in [0.1, 0.15) is 12.6 Å². The van der Waals surface area contributed by atoms with Crippen LogP contribution in [0.5, 0.6) is 0 Å². The number of nitrogens with zero attached hydrogens (tertiary/aromatic N) is 3. The van der Waals surface area contributed by atoms with Crippen molar-refractivity contribution in [3.63, 3.8) is 0 Å². The van der Waals surface area contributed by atoms with E-state index in [2.05, 4.69) is 39.8 Å². The number of carbonyl (C=O) groups excluding carboxylic acids is 3. The van der Waals surface area contributed by atoms with Crippen molar-refractivity contribution in [2.24, 2.45) is 0 Å². The van der Waals surface area contributed by atoms with Gasteiger partial charge >= 0.3 is 12.1 Å². The van der Waals surface area contributed by atoms with E-state index in [9.17, 15) is 14.4 Å². The Morgan fingerprint density at radius 2 is 1.51 bits per heavy atom. The van der Waals surface area contributed by atoms with Gasteiger partial charge in [0.2, 0.25) is 5.91 Å². The third kappa shape index (κ3) is 12.9. The van der Waals surface area contributed by atoms with Crippen molar-refractivity contribution in [2.45, 2.75) is 76.7 Å². The van der Waals surface area contributed by atoms with E-state index in [1.54, 1.807) is 30.1 Å². The van der Waals surface area contributed by atoms with Gasteiger partial charge in [-0.15, -0.1) is 22.7 Å². The van der Waals surface area contributed by atoms with Gasteiger partial charge in [-0.1, -0.05) is 74.5 Å². The molecule has 2 heterocycles. The molecule has 0 spiro atoms. The van der Waals surface area contributed by atoms with Crippen LogP contribution >= 0.6 is 22.7 Å². The molecule has 2 aromatic carbocycles. The largest absolute Gasteiger partial charge is 0.444 e. The van der Waals surface area contributed by atoms with Crippen LogP contribution in [0.1, 0.15) is 59.3 Å². The number of aromatic nitrogens is 2. The van der Waals surface area contributed by atoms with E-state index in [4.69, 9.17) is 9.47 Å². The number of methoxy groups -OCH3 is 1. The third-order valence-electron chi connectivity index (χ3n) is 7.77. The molecule has 4 rings (SSSR count). The van der Waals surface area contributed by atoms with Crippen LogP contribution in [0, 0.1) is 0 Å². The molecule has 0 bridgehead atoms. The summed E-state index contributed by atoms with van der Waals surface area (Å²) in [5, 5.41) is 12.0. The molecule has 2 aromatic heterocycles. The number of hydrogen-bond donors (Lipinski definition) is 3. The maximum Gasteiger partial charge on any atom is 0.407 e. The molecule has 0 fully saturated rings. The lowest BCUT2D eigenvalue weighted by molar-refractivity contribution is -0.125. The number of thiazole rings is 2. The highest BCUT2D eigenvalue weighted by Gasteiger charge is 2.26. The van der Waals surface area contributed by atoms with Gasteiger partial charge < -0.3 is 30.3 Å². The molecular weight excluding hydrogens is 661 g/mol. The lowest BCUT2D eigenvalue weighted by Gasteiger charge is -2.27.